The van der Waals surface area contributed by atoms with Gasteiger partial charge in [-0.15, -0.1) is 0 Å². The van der Waals surface area contributed by atoms with E-state index >= 15 is 0 Å². The van der Waals surface area contributed by atoms with Gasteiger partial charge >= 0.3 is 0 Å². The van der Waals surface area contributed by atoms with Crippen molar-refractivity contribution in [3.8, 4) is 0 Å². The first-order chi connectivity index (χ1) is 10.2. The molecule has 0 saturated heterocycles. The van der Waals surface area contributed by atoms with Crippen LogP contribution in [-0.2, 0) is 11.3 Å². The number of fused-ring (bicyclic) bond motifs is 1. The first-order valence-corrected chi connectivity index (χ1v) is 7.48. The summed E-state index contributed by atoms with van der Waals surface area (Å²) in [6.45, 7) is 2.58. The van der Waals surface area contributed by atoms with Crippen molar-refractivity contribution in [3.63, 3.8) is 0 Å². The molecule has 1 atom stereocenters. The fourth-order valence-electron chi connectivity index (χ4n) is 2.60. The number of rotatable bonds is 3. The van der Waals surface area contributed by atoms with Gasteiger partial charge in [-0.25, -0.2) is 0 Å². The van der Waals surface area contributed by atoms with Crippen molar-refractivity contribution >= 4 is 28.9 Å². The lowest BCUT2D eigenvalue weighted by Gasteiger charge is -2.35. The first-order valence-electron chi connectivity index (χ1n) is 7.10. The largest absolute Gasteiger partial charge is 0.372 e. The van der Waals surface area contributed by atoms with E-state index in [1.54, 1.807) is 0 Å². The Morgan fingerprint density at radius 2 is 1.86 bits per heavy atom. The Morgan fingerprint density at radius 1 is 1.14 bits per heavy atom. The van der Waals surface area contributed by atoms with Crippen LogP contribution in [0.1, 0.15) is 18.9 Å². The molecule has 0 spiro atoms. The van der Waals surface area contributed by atoms with Crippen LogP contribution in [-0.4, -0.2) is 11.9 Å². The number of carbonyl (C=O) groups is 1. The Labute approximate surface area is 129 Å². The fourth-order valence-corrected chi connectivity index (χ4v) is 2.73. The molecular formula is C17H17ClN2O. The van der Waals surface area contributed by atoms with Gasteiger partial charge in [-0.05, 0) is 36.2 Å². The van der Waals surface area contributed by atoms with Gasteiger partial charge in [-0.1, -0.05) is 42.8 Å². The third kappa shape index (κ3) is 2.74. The fraction of sp³-hybridized carbons (Fsp3) is 0.235. The smallest absolute Gasteiger partial charge is 0.249 e. The topological polar surface area (TPSA) is 32.3 Å². The van der Waals surface area contributed by atoms with E-state index in [-0.39, 0.29) is 11.9 Å². The lowest BCUT2D eigenvalue weighted by atomic mass is 10.1. The summed E-state index contributed by atoms with van der Waals surface area (Å²) in [6.07, 6.45) is 0.768. The molecule has 3 nitrogen and oxygen atoms in total. The number of hydrogen-bond donors (Lipinski definition) is 1. The number of halogens is 1. The van der Waals surface area contributed by atoms with E-state index in [1.165, 1.54) is 0 Å². The summed E-state index contributed by atoms with van der Waals surface area (Å²) >= 11 is 5.92. The minimum atomic E-state index is -0.160. The van der Waals surface area contributed by atoms with Crippen molar-refractivity contribution in [2.75, 3.05) is 10.2 Å². The highest BCUT2D eigenvalue weighted by atomic mass is 35.5. The predicted octanol–water partition coefficient (Wildman–Crippen LogP) is 4.08. The highest BCUT2D eigenvalue weighted by molar-refractivity contribution is 6.30. The number of carbonyl (C=O) groups excluding carboxylic acids is 1. The summed E-state index contributed by atoms with van der Waals surface area (Å²) < 4.78 is 0. The minimum absolute atomic E-state index is 0.117. The van der Waals surface area contributed by atoms with Gasteiger partial charge in [0.05, 0.1) is 17.9 Å². The molecule has 0 radical (unpaired) electrons. The van der Waals surface area contributed by atoms with Crippen LogP contribution in [0.3, 0.4) is 0 Å². The molecule has 1 heterocycles. The van der Waals surface area contributed by atoms with Crippen LogP contribution in [0.2, 0.25) is 5.02 Å². The molecule has 0 fully saturated rings. The lowest BCUT2D eigenvalue weighted by molar-refractivity contribution is -0.119. The maximum atomic E-state index is 12.6. The van der Waals surface area contributed by atoms with E-state index in [2.05, 4.69) is 5.32 Å². The van der Waals surface area contributed by atoms with Crippen LogP contribution in [0.5, 0.6) is 0 Å². The number of amides is 1. The molecule has 3 rings (SSSR count). The monoisotopic (exact) mass is 300 g/mol. The summed E-state index contributed by atoms with van der Waals surface area (Å²) in [5.41, 5.74) is 3.01. The number of nitrogens with one attached hydrogen (secondary N) is 1. The lowest BCUT2D eigenvalue weighted by Crippen LogP contribution is -2.46. The van der Waals surface area contributed by atoms with E-state index in [0.717, 1.165) is 23.4 Å². The second-order valence-electron chi connectivity index (χ2n) is 5.17. The Morgan fingerprint density at radius 3 is 2.57 bits per heavy atom. The molecule has 0 aromatic heterocycles. The van der Waals surface area contributed by atoms with Crippen molar-refractivity contribution in [2.24, 2.45) is 0 Å². The quantitative estimate of drug-likeness (QED) is 0.926. The molecule has 21 heavy (non-hydrogen) atoms. The second-order valence-corrected chi connectivity index (χ2v) is 5.61. The zero-order chi connectivity index (χ0) is 14.8. The Kier molecular flexibility index (Phi) is 3.84. The van der Waals surface area contributed by atoms with E-state index in [4.69, 9.17) is 11.6 Å². The third-order valence-corrected chi connectivity index (χ3v) is 4.00. The minimum Gasteiger partial charge on any atom is -0.372 e. The highest BCUT2D eigenvalue weighted by Gasteiger charge is 2.30. The molecule has 2 aromatic rings. The molecule has 0 bridgehead atoms. The summed E-state index contributed by atoms with van der Waals surface area (Å²) in [5.74, 6) is 0.117. The van der Waals surface area contributed by atoms with Gasteiger partial charge in [0.15, 0.2) is 0 Å². The van der Waals surface area contributed by atoms with E-state index in [0.29, 0.717) is 11.6 Å². The Balaban J connectivity index is 1.95. The second kappa shape index (κ2) is 5.78. The zero-order valence-corrected chi connectivity index (χ0v) is 12.6. The van der Waals surface area contributed by atoms with Gasteiger partial charge in [0.1, 0.15) is 6.04 Å². The molecule has 4 heteroatoms. The molecule has 1 aliphatic heterocycles. The Bertz CT molecular complexity index is 654. The highest BCUT2D eigenvalue weighted by Crippen LogP contribution is 2.33. The van der Waals surface area contributed by atoms with Crippen LogP contribution >= 0.6 is 11.6 Å². The van der Waals surface area contributed by atoms with Gasteiger partial charge in [0.2, 0.25) is 5.91 Å². The molecule has 1 amide bonds. The average Bonchev–Trinajstić information content (AvgIpc) is 2.51. The number of hydrogen-bond acceptors (Lipinski definition) is 2. The van der Waals surface area contributed by atoms with Gasteiger partial charge < -0.3 is 10.2 Å². The van der Waals surface area contributed by atoms with Crippen molar-refractivity contribution in [1.29, 1.82) is 0 Å². The molecule has 2 aromatic carbocycles. The molecular weight excluding hydrogens is 284 g/mol. The summed E-state index contributed by atoms with van der Waals surface area (Å²) in [7, 11) is 0. The number of nitrogens with zero attached hydrogens (tertiary/aromatic N) is 1. The van der Waals surface area contributed by atoms with Gasteiger partial charge in [0, 0.05) is 5.02 Å². The first kappa shape index (κ1) is 14.0. The van der Waals surface area contributed by atoms with Crippen LogP contribution in [0.4, 0.5) is 11.4 Å². The summed E-state index contributed by atoms with van der Waals surface area (Å²) in [6, 6.07) is 15.4. The van der Waals surface area contributed by atoms with E-state index in [1.807, 2.05) is 60.4 Å². The normalized spacial score (nSPS) is 17.3. The molecule has 1 aliphatic rings. The SMILES string of the molecule is CCC1Nc2ccccc2N(Cc2ccc(Cl)cc2)C1=O. The molecule has 1 N–H and O–H groups in total. The number of para-hydroxylation sites is 2. The third-order valence-electron chi connectivity index (χ3n) is 3.75. The molecule has 1 unspecified atom stereocenters. The maximum absolute atomic E-state index is 12.6. The van der Waals surface area contributed by atoms with Crippen molar-refractivity contribution < 1.29 is 4.79 Å². The van der Waals surface area contributed by atoms with E-state index < -0.39 is 0 Å². The van der Waals surface area contributed by atoms with Gasteiger partial charge in [-0.3, -0.25) is 4.79 Å². The number of anilines is 2. The zero-order valence-electron chi connectivity index (χ0n) is 11.8. The van der Waals surface area contributed by atoms with Crippen LogP contribution < -0.4 is 10.2 Å². The summed E-state index contributed by atoms with van der Waals surface area (Å²) in [5, 5.41) is 4.01. The van der Waals surface area contributed by atoms with Crippen LogP contribution in [0.25, 0.3) is 0 Å². The standard InChI is InChI=1S/C17H17ClN2O/c1-2-14-17(21)20(11-12-7-9-13(18)10-8-12)16-6-4-3-5-15(16)19-14/h3-10,14,19H,2,11H2,1H3. The Hall–Kier alpha value is -2.00. The molecule has 108 valence electrons. The van der Waals surface area contributed by atoms with Gasteiger partial charge in [-0.2, -0.15) is 0 Å². The van der Waals surface area contributed by atoms with Gasteiger partial charge in [0.25, 0.3) is 0 Å². The van der Waals surface area contributed by atoms with E-state index in [9.17, 15) is 4.79 Å². The van der Waals surface area contributed by atoms with Crippen molar-refractivity contribution in [1.82, 2.24) is 0 Å². The van der Waals surface area contributed by atoms with Crippen LogP contribution in [0, 0.1) is 0 Å². The predicted molar refractivity (Wildman–Crippen MR) is 86.8 cm³/mol. The average molecular weight is 301 g/mol. The van der Waals surface area contributed by atoms with Crippen molar-refractivity contribution in [3.05, 3.63) is 59.1 Å². The number of benzene rings is 2. The van der Waals surface area contributed by atoms with Crippen LogP contribution in [0.15, 0.2) is 48.5 Å². The summed E-state index contributed by atoms with van der Waals surface area (Å²) in [4.78, 5) is 14.5. The molecule has 0 aliphatic carbocycles. The maximum Gasteiger partial charge on any atom is 0.249 e. The molecule has 0 saturated carbocycles. The van der Waals surface area contributed by atoms with Crippen molar-refractivity contribution in [2.45, 2.75) is 25.9 Å².